The third-order valence-electron chi connectivity index (χ3n) is 4.96. The molecule has 1 aromatic carbocycles. The number of morpholine rings is 1. The highest BCUT2D eigenvalue weighted by Crippen LogP contribution is 2.28. The minimum Gasteiger partial charge on any atom is -0.375 e. The van der Waals surface area contributed by atoms with Gasteiger partial charge in [0.2, 0.25) is 11.8 Å². The lowest BCUT2D eigenvalue weighted by atomic mass is 9.90. The minimum atomic E-state index is -0.0902. The summed E-state index contributed by atoms with van der Waals surface area (Å²) in [6.07, 6.45) is 5.00. The van der Waals surface area contributed by atoms with Crippen molar-refractivity contribution in [3.8, 4) is 0 Å². The number of nitrogens with one attached hydrogen (secondary N) is 2. The van der Waals surface area contributed by atoms with E-state index >= 15 is 0 Å². The van der Waals surface area contributed by atoms with Crippen LogP contribution < -0.4 is 10.6 Å². The molecule has 1 aromatic rings. The van der Waals surface area contributed by atoms with Gasteiger partial charge in [-0.25, -0.2) is 0 Å². The second-order valence-electron chi connectivity index (χ2n) is 6.89. The molecule has 0 spiro atoms. The fraction of sp³-hybridized carbons (Fsp3) is 0.579. The lowest BCUT2D eigenvalue weighted by molar-refractivity contribution is -0.129. The van der Waals surface area contributed by atoms with Gasteiger partial charge in [-0.1, -0.05) is 25.0 Å². The highest BCUT2D eigenvalue weighted by molar-refractivity contribution is 5.88. The van der Waals surface area contributed by atoms with E-state index in [2.05, 4.69) is 15.5 Å². The number of benzene rings is 1. The zero-order valence-corrected chi connectivity index (χ0v) is 14.8. The van der Waals surface area contributed by atoms with E-state index < -0.39 is 0 Å². The quantitative estimate of drug-likeness (QED) is 0.855. The van der Waals surface area contributed by atoms with Crippen LogP contribution in [0.3, 0.4) is 0 Å². The molecule has 0 radical (unpaired) electrons. The number of anilines is 1. The Morgan fingerprint density at radius 3 is 2.72 bits per heavy atom. The number of hydrogen-bond acceptors (Lipinski definition) is 4. The minimum absolute atomic E-state index is 0.0529. The number of hydrogen-bond donors (Lipinski definition) is 2. The summed E-state index contributed by atoms with van der Waals surface area (Å²) in [5.41, 5.74) is 1.78. The van der Waals surface area contributed by atoms with Crippen molar-refractivity contribution < 1.29 is 14.3 Å². The smallest absolute Gasteiger partial charge is 0.234 e. The van der Waals surface area contributed by atoms with E-state index in [4.69, 9.17) is 4.74 Å². The first-order valence-electron chi connectivity index (χ1n) is 9.11. The van der Waals surface area contributed by atoms with Crippen LogP contribution in [-0.4, -0.2) is 48.6 Å². The SMILES string of the molecule is CC(=O)Nc1ccc(CNC(=O)CN2CCO[C@@H]3CCCC[C@H]32)cc1. The highest BCUT2D eigenvalue weighted by atomic mass is 16.5. The van der Waals surface area contributed by atoms with Gasteiger partial charge in [0.1, 0.15) is 0 Å². The van der Waals surface area contributed by atoms with E-state index in [1.807, 2.05) is 24.3 Å². The van der Waals surface area contributed by atoms with Gasteiger partial charge in [-0.2, -0.15) is 0 Å². The van der Waals surface area contributed by atoms with Crippen LogP contribution in [0.15, 0.2) is 24.3 Å². The standard InChI is InChI=1S/C19H27N3O3/c1-14(23)21-16-8-6-15(7-9-16)12-20-19(24)13-22-10-11-25-18-5-3-2-4-17(18)22/h6-9,17-18H,2-5,10-13H2,1H3,(H,20,24)(H,21,23)/t17-,18-/m1/s1. The topological polar surface area (TPSA) is 70.7 Å². The summed E-state index contributed by atoms with van der Waals surface area (Å²) in [5.74, 6) is -0.0373. The summed E-state index contributed by atoms with van der Waals surface area (Å²) >= 11 is 0. The van der Waals surface area contributed by atoms with Gasteiger partial charge in [-0.05, 0) is 30.5 Å². The molecule has 2 atom stereocenters. The van der Waals surface area contributed by atoms with Gasteiger partial charge in [0.25, 0.3) is 0 Å². The molecule has 3 rings (SSSR count). The largest absolute Gasteiger partial charge is 0.375 e. The maximum atomic E-state index is 12.3. The van der Waals surface area contributed by atoms with Crippen molar-refractivity contribution in [1.82, 2.24) is 10.2 Å². The van der Waals surface area contributed by atoms with Gasteiger partial charge in [0.15, 0.2) is 0 Å². The highest BCUT2D eigenvalue weighted by Gasteiger charge is 2.34. The van der Waals surface area contributed by atoms with Gasteiger partial charge in [-0.3, -0.25) is 14.5 Å². The van der Waals surface area contributed by atoms with Crippen molar-refractivity contribution in [2.24, 2.45) is 0 Å². The molecular formula is C19H27N3O3. The van der Waals surface area contributed by atoms with Crippen molar-refractivity contribution >= 4 is 17.5 Å². The van der Waals surface area contributed by atoms with E-state index in [0.717, 1.165) is 37.2 Å². The third kappa shape index (κ3) is 5.03. The van der Waals surface area contributed by atoms with Crippen LogP contribution in [0.1, 0.15) is 38.2 Å². The summed E-state index contributed by atoms with van der Waals surface area (Å²) in [6, 6.07) is 7.91. The number of nitrogens with zero attached hydrogens (tertiary/aromatic N) is 1. The molecule has 1 aliphatic carbocycles. The normalized spacial score (nSPS) is 23.6. The molecule has 2 aliphatic rings. The van der Waals surface area contributed by atoms with Crippen LogP contribution in [0.4, 0.5) is 5.69 Å². The lowest BCUT2D eigenvalue weighted by Gasteiger charge is -2.43. The van der Waals surface area contributed by atoms with Crippen LogP contribution >= 0.6 is 0 Å². The van der Waals surface area contributed by atoms with E-state index in [0.29, 0.717) is 25.2 Å². The third-order valence-corrected chi connectivity index (χ3v) is 4.96. The van der Waals surface area contributed by atoms with Crippen molar-refractivity contribution in [2.75, 3.05) is 25.0 Å². The van der Waals surface area contributed by atoms with Crippen molar-refractivity contribution in [3.63, 3.8) is 0 Å². The number of carbonyl (C=O) groups is 2. The Bertz CT molecular complexity index is 600. The second kappa shape index (κ2) is 8.45. The molecule has 2 N–H and O–H groups in total. The molecular weight excluding hydrogens is 318 g/mol. The maximum Gasteiger partial charge on any atom is 0.234 e. The molecule has 6 nitrogen and oxygen atoms in total. The van der Waals surface area contributed by atoms with Gasteiger partial charge in [0, 0.05) is 31.7 Å². The molecule has 0 unspecified atom stereocenters. The van der Waals surface area contributed by atoms with Crippen molar-refractivity contribution in [3.05, 3.63) is 29.8 Å². The van der Waals surface area contributed by atoms with Crippen molar-refractivity contribution in [2.45, 2.75) is 51.3 Å². The molecule has 6 heteroatoms. The summed E-state index contributed by atoms with van der Waals surface area (Å²) in [6.45, 7) is 3.97. The second-order valence-corrected chi connectivity index (χ2v) is 6.89. The summed E-state index contributed by atoms with van der Waals surface area (Å²) in [7, 11) is 0. The molecule has 1 heterocycles. The van der Waals surface area contributed by atoms with E-state index in [1.54, 1.807) is 0 Å². The maximum absolute atomic E-state index is 12.3. The first kappa shape index (κ1) is 17.9. The Kier molecular flexibility index (Phi) is 6.04. The molecule has 0 bridgehead atoms. The predicted octanol–water partition coefficient (Wildman–Crippen LogP) is 1.90. The first-order chi connectivity index (χ1) is 12.1. The van der Waals surface area contributed by atoms with E-state index in [9.17, 15) is 9.59 Å². The van der Waals surface area contributed by atoms with Crippen LogP contribution in [0, 0.1) is 0 Å². The lowest BCUT2D eigenvalue weighted by Crippen LogP contribution is -2.55. The molecule has 0 aromatic heterocycles. The zero-order chi connectivity index (χ0) is 17.6. The number of rotatable bonds is 5. The Morgan fingerprint density at radius 2 is 1.96 bits per heavy atom. The first-order valence-corrected chi connectivity index (χ1v) is 9.11. The fourth-order valence-electron chi connectivity index (χ4n) is 3.72. The summed E-state index contributed by atoms with van der Waals surface area (Å²) in [4.78, 5) is 25.6. The number of amides is 2. The summed E-state index contributed by atoms with van der Waals surface area (Å²) < 4.78 is 5.86. The number of carbonyl (C=O) groups excluding carboxylic acids is 2. The Balaban J connectivity index is 1.46. The monoisotopic (exact) mass is 345 g/mol. The Labute approximate surface area is 148 Å². The van der Waals surface area contributed by atoms with Crippen LogP contribution in [-0.2, 0) is 20.9 Å². The van der Waals surface area contributed by atoms with Gasteiger partial charge in [0.05, 0.1) is 19.3 Å². The molecule has 1 saturated carbocycles. The van der Waals surface area contributed by atoms with Crippen LogP contribution in [0.2, 0.25) is 0 Å². The molecule has 2 amide bonds. The molecule has 25 heavy (non-hydrogen) atoms. The molecule has 1 saturated heterocycles. The summed E-state index contributed by atoms with van der Waals surface area (Å²) in [5, 5.41) is 5.73. The predicted molar refractivity (Wildman–Crippen MR) is 96.2 cm³/mol. The molecule has 1 aliphatic heterocycles. The number of fused-ring (bicyclic) bond motifs is 1. The fourth-order valence-corrected chi connectivity index (χ4v) is 3.72. The zero-order valence-electron chi connectivity index (χ0n) is 14.8. The Morgan fingerprint density at radius 1 is 1.20 bits per heavy atom. The number of ether oxygens (including phenoxy) is 1. The van der Waals surface area contributed by atoms with E-state index in [1.165, 1.54) is 19.8 Å². The van der Waals surface area contributed by atoms with Gasteiger partial charge >= 0.3 is 0 Å². The van der Waals surface area contributed by atoms with Gasteiger partial charge in [-0.15, -0.1) is 0 Å². The van der Waals surface area contributed by atoms with Crippen molar-refractivity contribution in [1.29, 1.82) is 0 Å². The average molecular weight is 345 g/mol. The van der Waals surface area contributed by atoms with Crippen LogP contribution in [0.25, 0.3) is 0 Å². The van der Waals surface area contributed by atoms with Gasteiger partial charge < -0.3 is 15.4 Å². The average Bonchev–Trinajstić information content (AvgIpc) is 2.61. The van der Waals surface area contributed by atoms with E-state index in [-0.39, 0.29) is 11.8 Å². The van der Waals surface area contributed by atoms with Crippen LogP contribution in [0.5, 0.6) is 0 Å². The molecule has 2 fully saturated rings. The Hall–Kier alpha value is -1.92. The molecule has 136 valence electrons.